The summed E-state index contributed by atoms with van der Waals surface area (Å²) >= 11 is 0. The number of nitrogens with one attached hydrogen (secondary N) is 1. The molecule has 0 radical (unpaired) electrons. The number of hydrogen-bond donors (Lipinski definition) is 2. The van der Waals surface area contributed by atoms with Crippen LogP contribution >= 0.6 is 0 Å². The van der Waals surface area contributed by atoms with Gasteiger partial charge < -0.3 is 16.0 Å². The summed E-state index contributed by atoms with van der Waals surface area (Å²) in [6.45, 7) is 3.34. The molecule has 0 bridgehead atoms. The van der Waals surface area contributed by atoms with E-state index in [9.17, 15) is 9.59 Å². The molecule has 1 atom stereocenters. The van der Waals surface area contributed by atoms with Crippen LogP contribution in [0.3, 0.4) is 0 Å². The minimum absolute atomic E-state index is 0.0107. The van der Waals surface area contributed by atoms with Crippen LogP contribution in [0, 0.1) is 0 Å². The van der Waals surface area contributed by atoms with Crippen molar-refractivity contribution >= 4 is 17.5 Å². The Kier molecular flexibility index (Phi) is 5.20. The summed E-state index contributed by atoms with van der Waals surface area (Å²) in [4.78, 5) is 25.3. The predicted molar refractivity (Wildman–Crippen MR) is 82.6 cm³/mol. The predicted octanol–water partition coefficient (Wildman–Crippen LogP) is 1.33. The summed E-state index contributed by atoms with van der Waals surface area (Å²) < 4.78 is 0. The molecule has 1 aromatic rings. The molecule has 1 aliphatic heterocycles. The van der Waals surface area contributed by atoms with Crippen molar-refractivity contribution < 1.29 is 9.59 Å². The average molecular weight is 289 g/mol. The summed E-state index contributed by atoms with van der Waals surface area (Å²) in [7, 11) is 0. The van der Waals surface area contributed by atoms with Crippen LogP contribution in [0.2, 0.25) is 0 Å². The number of nitrogens with two attached hydrogens (primary N) is 1. The molecule has 114 valence electrons. The molecule has 1 heterocycles. The molecule has 1 fully saturated rings. The van der Waals surface area contributed by atoms with Crippen LogP contribution in [0.5, 0.6) is 0 Å². The number of nitrogen functional groups attached to an aromatic ring is 1. The lowest BCUT2D eigenvalue weighted by Gasteiger charge is -2.21. The maximum absolute atomic E-state index is 11.9. The summed E-state index contributed by atoms with van der Waals surface area (Å²) in [6.07, 6.45) is 2.67. The number of amides is 2. The van der Waals surface area contributed by atoms with E-state index in [1.807, 2.05) is 36.1 Å². The van der Waals surface area contributed by atoms with Gasteiger partial charge in [0.1, 0.15) is 0 Å². The number of nitrogens with zero attached hydrogens (tertiary/aromatic N) is 1. The lowest BCUT2D eigenvalue weighted by molar-refractivity contribution is -0.129. The second-order valence-electron chi connectivity index (χ2n) is 5.66. The van der Waals surface area contributed by atoms with Crippen molar-refractivity contribution in [3.8, 4) is 0 Å². The first-order valence-electron chi connectivity index (χ1n) is 7.46. The third kappa shape index (κ3) is 4.77. The van der Waals surface area contributed by atoms with Crippen molar-refractivity contribution in [1.29, 1.82) is 0 Å². The van der Waals surface area contributed by atoms with Gasteiger partial charge in [0.05, 0.1) is 0 Å². The molecule has 21 heavy (non-hydrogen) atoms. The molecule has 0 saturated carbocycles. The SMILES string of the molecule is CC(CN1CCCC1=O)NC(=O)CCc1cccc(N)c1. The molecular weight excluding hydrogens is 266 g/mol. The van der Waals surface area contributed by atoms with Crippen LogP contribution in [0.25, 0.3) is 0 Å². The molecule has 1 aliphatic rings. The largest absolute Gasteiger partial charge is 0.399 e. The number of likely N-dealkylation sites (tertiary alicyclic amines) is 1. The Bertz CT molecular complexity index is 516. The molecule has 5 nitrogen and oxygen atoms in total. The molecule has 3 N–H and O–H groups in total. The maximum atomic E-state index is 11.9. The summed E-state index contributed by atoms with van der Waals surface area (Å²) in [6, 6.07) is 7.57. The summed E-state index contributed by atoms with van der Waals surface area (Å²) in [5, 5.41) is 2.95. The van der Waals surface area contributed by atoms with Crippen molar-refractivity contribution in [2.45, 2.75) is 38.6 Å². The molecule has 1 unspecified atom stereocenters. The number of carbonyl (C=O) groups excluding carboxylic acids is 2. The number of aryl methyl sites for hydroxylation is 1. The molecule has 0 aliphatic carbocycles. The quantitative estimate of drug-likeness (QED) is 0.776. The fourth-order valence-electron chi connectivity index (χ4n) is 2.63. The molecule has 0 spiro atoms. The normalized spacial score (nSPS) is 16.0. The fourth-order valence-corrected chi connectivity index (χ4v) is 2.63. The first-order chi connectivity index (χ1) is 10.0. The maximum Gasteiger partial charge on any atom is 0.222 e. The zero-order valence-corrected chi connectivity index (χ0v) is 12.5. The number of benzene rings is 1. The van der Waals surface area contributed by atoms with E-state index < -0.39 is 0 Å². The van der Waals surface area contributed by atoms with Gasteiger partial charge in [0.15, 0.2) is 0 Å². The van der Waals surface area contributed by atoms with Gasteiger partial charge in [-0.3, -0.25) is 9.59 Å². The van der Waals surface area contributed by atoms with Crippen LogP contribution in [-0.4, -0.2) is 35.8 Å². The Morgan fingerprint density at radius 3 is 2.95 bits per heavy atom. The van der Waals surface area contributed by atoms with E-state index in [0.29, 0.717) is 31.5 Å². The van der Waals surface area contributed by atoms with Crippen LogP contribution in [0.1, 0.15) is 31.7 Å². The van der Waals surface area contributed by atoms with E-state index >= 15 is 0 Å². The minimum Gasteiger partial charge on any atom is -0.399 e. The second kappa shape index (κ2) is 7.11. The van der Waals surface area contributed by atoms with Crippen LogP contribution in [0.15, 0.2) is 24.3 Å². The Balaban J connectivity index is 1.72. The summed E-state index contributed by atoms with van der Waals surface area (Å²) in [5.74, 6) is 0.201. The van der Waals surface area contributed by atoms with E-state index in [1.165, 1.54) is 0 Å². The fraction of sp³-hybridized carbons (Fsp3) is 0.500. The van der Waals surface area contributed by atoms with Crippen LogP contribution in [-0.2, 0) is 16.0 Å². The lowest BCUT2D eigenvalue weighted by Crippen LogP contribution is -2.42. The Morgan fingerprint density at radius 1 is 1.48 bits per heavy atom. The second-order valence-corrected chi connectivity index (χ2v) is 5.66. The van der Waals surface area contributed by atoms with E-state index in [1.54, 1.807) is 0 Å². The van der Waals surface area contributed by atoms with Gasteiger partial charge in [-0.05, 0) is 37.5 Å². The first kappa shape index (κ1) is 15.4. The number of rotatable bonds is 6. The highest BCUT2D eigenvalue weighted by Gasteiger charge is 2.22. The van der Waals surface area contributed by atoms with E-state index in [0.717, 1.165) is 18.5 Å². The number of carbonyl (C=O) groups is 2. The monoisotopic (exact) mass is 289 g/mol. The topological polar surface area (TPSA) is 75.4 Å². The van der Waals surface area contributed by atoms with Gasteiger partial charge in [0, 0.05) is 37.7 Å². The van der Waals surface area contributed by atoms with Crippen LogP contribution in [0.4, 0.5) is 5.69 Å². The van der Waals surface area contributed by atoms with Gasteiger partial charge in [0.25, 0.3) is 0 Å². The van der Waals surface area contributed by atoms with Gasteiger partial charge in [-0.15, -0.1) is 0 Å². The molecule has 0 aromatic heterocycles. The van der Waals surface area contributed by atoms with Crippen molar-refractivity contribution in [3.05, 3.63) is 29.8 Å². The van der Waals surface area contributed by atoms with Crippen molar-refractivity contribution in [1.82, 2.24) is 10.2 Å². The minimum atomic E-state index is -0.0135. The zero-order chi connectivity index (χ0) is 15.2. The highest BCUT2D eigenvalue weighted by molar-refractivity contribution is 5.78. The van der Waals surface area contributed by atoms with E-state index in [2.05, 4.69) is 5.32 Å². The van der Waals surface area contributed by atoms with E-state index in [4.69, 9.17) is 5.73 Å². The Hall–Kier alpha value is -2.04. The van der Waals surface area contributed by atoms with Crippen molar-refractivity contribution in [2.24, 2.45) is 0 Å². The number of anilines is 1. The molecule has 5 heteroatoms. The number of hydrogen-bond acceptors (Lipinski definition) is 3. The van der Waals surface area contributed by atoms with Gasteiger partial charge in [0.2, 0.25) is 11.8 Å². The first-order valence-corrected chi connectivity index (χ1v) is 7.46. The highest BCUT2D eigenvalue weighted by Crippen LogP contribution is 2.10. The molecule has 1 aromatic carbocycles. The molecule has 2 rings (SSSR count). The highest BCUT2D eigenvalue weighted by atomic mass is 16.2. The van der Waals surface area contributed by atoms with Gasteiger partial charge >= 0.3 is 0 Å². The van der Waals surface area contributed by atoms with E-state index in [-0.39, 0.29) is 17.9 Å². The molecular formula is C16H23N3O2. The van der Waals surface area contributed by atoms with Crippen molar-refractivity contribution in [2.75, 3.05) is 18.8 Å². The standard InChI is InChI=1S/C16H23N3O2/c1-12(11-19-9-3-6-16(19)21)18-15(20)8-7-13-4-2-5-14(17)10-13/h2,4-5,10,12H,3,6-9,11,17H2,1H3,(H,18,20). The smallest absolute Gasteiger partial charge is 0.222 e. The Morgan fingerprint density at radius 2 is 2.29 bits per heavy atom. The van der Waals surface area contributed by atoms with Gasteiger partial charge in [-0.1, -0.05) is 12.1 Å². The Labute approximate surface area is 125 Å². The van der Waals surface area contributed by atoms with Gasteiger partial charge in [-0.25, -0.2) is 0 Å². The molecule has 2 amide bonds. The molecule has 1 saturated heterocycles. The zero-order valence-electron chi connectivity index (χ0n) is 12.5. The lowest BCUT2D eigenvalue weighted by atomic mass is 10.1. The van der Waals surface area contributed by atoms with Crippen LogP contribution < -0.4 is 11.1 Å². The third-order valence-corrected chi connectivity index (χ3v) is 3.66. The third-order valence-electron chi connectivity index (χ3n) is 3.66. The van der Waals surface area contributed by atoms with Crippen molar-refractivity contribution in [3.63, 3.8) is 0 Å². The average Bonchev–Trinajstić information content (AvgIpc) is 2.82. The summed E-state index contributed by atoms with van der Waals surface area (Å²) in [5.41, 5.74) is 7.49. The van der Waals surface area contributed by atoms with Gasteiger partial charge in [-0.2, -0.15) is 0 Å².